The van der Waals surface area contributed by atoms with Gasteiger partial charge in [-0.2, -0.15) is 13.2 Å². The van der Waals surface area contributed by atoms with Gasteiger partial charge in [0.15, 0.2) is 0 Å². The van der Waals surface area contributed by atoms with Gasteiger partial charge in [0, 0.05) is 30.9 Å². The van der Waals surface area contributed by atoms with E-state index >= 15 is 0 Å². The number of hydrogen-bond donors (Lipinski definition) is 2. The number of nitrogens with one attached hydrogen (secondary N) is 2. The van der Waals surface area contributed by atoms with Crippen LogP contribution in [0.3, 0.4) is 0 Å². The normalized spacial score (nSPS) is 16.6. The molecule has 2 aromatic carbocycles. The number of amides is 2. The Hall–Kier alpha value is -2.54. The van der Waals surface area contributed by atoms with Crippen molar-refractivity contribution in [3.63, 3.8) is 0 Å². The number of benzene rings is 2. The highest BCUT2D eigenvalue weighted by atomic mass is 19.4. The summed E-state index contributed by atoms with van der Waals surface area (Å²) in [6.45, 7) is 1.59. The molecule has 1 fully saturated rings. The Labute approximate surface area is 155 Å². The van der Waals surface area contributed by atoms with E-state index in [-0.39, 0.29) is 11.1 Å². The molecule has 1 aliphatic heterocycles. The number of hydrogen-bond acceptors (Lipinski definition) is 2. The van der Waals surface area contributed by atoms with Gasteiger partial charge in [-0.3, -0.25) is 0 Å². The minimum atomic E-state index is -4.45. The molecule has 0 radical (unpaired) electrons. The van der Waals surface area contributed by atoms with E-state index in [1.165, 1.54) is 12.1 Å². The summed E-state index contributed by atoms with van der Waals surface area (Å²) in [5, 5.41) is 5.29. The second kappa shape index (κ2) is 8.00. The van der Waals surface area contributed by atoms with Crippen LogP contribution in [0, 0.1) is 0 Å². The fourth-order valence-electron chi connectivity index (χ4n) is 3.32. The summed E-state index contributed by atoms with van der Waals surface area (Å²) in [5.41, 5.74) is 0.172. The number of anilines is 1. The van der Waals surface area contributed by atoms with Crippen LogP contribution in [-0.4, -0.2) is 25.8 Å². The second-order valence-corrected chi connectivity index (χ2v) is 6.64. The van der Waals surface area contributed by atoms with Gasteiger partial charge >= 0.3 is 12.2 Å². The molecule has 1 saturated heterocycles. The molecule has 1 aliphatic rings. The molecule has 2 aromatic rings. The molecule has 0 bridgehead atoms. The third kappa shape index (κ3) is 4.80. The maximum atomic E-state index is 12.8. The van der Waals surface area contributed by atoms with Gasteiger partial charge in [0.05, 0.1) is 5.56 Å². The number of halogens is 3. The summed E-state index contributed by atoms with van der Waals surface area (Å²) < 4.78 is 43.8. The third-order valence-electron chi connectivity index (χ3n) is 4.87. The zero-order chi connectivity index (χ0) is 19.3. The molecule has 0 atom stereocenters. The number of ether oxygens (including phenoxy) is 1. The van der Waals surface area contributed by atoms with Crippen molar-refractivity contribution in [2.24, 2.45) is 0 Å². The van der Waals surface area contributed by atoms with Gasteiger partial charge in [-0.15, -0.1) is 0 Å². The SMILES string of the molecule is O=C(NCC1(c2ccccc2)CCOCC1)Nc1cccc(C(F)(F)F)c1. The van der Waals surface area contributed by atoms with Crippen molar-refractivity contribution in [3.05, 3.63) is 65.7 Å². The molecule has 7 heteroatoms. The number of carbonyl (C=O) groups excluding carboxylic acids is 1. The lowest BCUT2D eigenvalue weighted by molar-refractivity contribution is -0.137. The van der Waals surface area contributed by atoms with Gasteiger partial charge in [-0.25, -0.2) is 4.79 Å². The molecule has 0 spiro atoms. The Bertz CT molecular complexity index is 772. The molecule has 1 heterocycles. The lowest BCUT2D eigenvalue weighted by atomic mass is 9.74. The van der Waals surface area contributed by atoms with Crippen LogP contribution < -0.4 is 10.6 Å². The van der Waals surface area contributed by atoms with Crippen molar-refractivity contribution in [1.82, 2.24) is 5.32 Å². The number of rotatable bonds is 4. The Morgan fingerprint density at radius 2 is 1.74 bits per heavy atom. The van der Waals surface area contributed by atoms with Crippen LogP contribution in [0.5, 0.6) is 0 Å². The number of carbonyl (C=O) groups is 1. The van der Waals surface area contributed by atoms with Crippen molar-refractivity contribution in [3.8, 4) is 0 Å². The van der Waals surface area contributed by atoms with E-state index in [0.717, 1.165) is 30.5 Å². The monoisotopic (exact) mass is 378 g/mol. The topological polar surface area (TPSA) is 50.4 Å². The van der Waals surface area contributed by atoms with Crippen molar-refractivity contribution in [2.45, 2.75) is 24.4 Å². The summed E-state index contributed by atoms with van der Waals surface area (Å²) in [6.07, 6.45) is -2.92. The Morgan fingerprint density at radius 1 is 1.04 bits per heavy atom. The summed E-state index contributed by atoms with van der Waals surface area (Å²) in [4.78, 5) is 12.3. The lowest BCUT2D eigenvalue weighted by Gasteiger charge is -2.38. The first kappa shape index (κ1) is 19.2. The molecule has 4 nitrogen and oxygen atoms in total. The van der Waals surface area contributed by atoms with Crippen LogP contribution in [0.2, 0.25) is 0 Å². The highest BCUT2D eigenvalue weighted by Crippen LogP contribution is 2.34. The minimum absolute atomic E-state index is 0.100. The Balaban J connectivity index is 1.67. The molecule has 144 valence electrons. The van der Waals surface area contributed by atoms with Gasteiger partial charge in [0.1, 0.15) is 0 Å². The van der Waals surface area contributed by atoms with E-state index in [1.807, 2.05) is 30.3 Å². The predicted molar refractivity (Wildman–Crippen MR) is 96.6 cm³/mol. The van der Waals surface area contributed by atoms with Crippen LogP contribution >= 0.6 is 0 Å². The summed E-state index contributed by atoms with van der Waals surface area (Å²) in [6, 6.07) is 13.9. The standard InChI is InChI=1S/C20H21F3N2O2/c21-20(22,23)16-7-4-8-17(13-16)25-18(26)24-14-19(9-11-27-12-10-19)15-5-2-1-3-6-15/h1-8,13H,9-12,14H2,(H2,24,25,26). The zero-order valence-electron chi connectivity index (χ0n) is 14.7. The third-order valence-corrected chi connectivity index (χ3v) is 4.87. The summed E-state index contributed by atoms with van der Waals surface area (Å²) in [7, 11) is 0. The number of alkyl halides is 3. The first-order chi connectivity index (χ1) is 12.9. The van der Waals surface area contributed by atoms with Crippen LogP contribution in [0.15, 0.2) is 54.6 Å². The molecule has 2 amide bonds. The molecular formula is C20H21F3N2O2. The van der Waals surface area contributed by atoms with Crippen LogP contribution in [0.4, 0.5) is 23.7 Å². The lowest BCUT2D eigenvalue weighted by Crippen LogP contribution is -2.45. The molecular weight excluding hydrogens is 357 g/mol. The van der Waals surface area contributed by atoms with Crippen molar-refractivity contribution < 1.29 is 22.7 Å². The number of urea groups is 1. The van der Waals surface area contributed by atoms with Crippen LogP contribution in [-0.2, 0) is 16.3 Å². The van der Waals surface area contributed by atoms with Gasteiger partial charge in [-0.1, -0.05) is 36.4 Å². The van der Waals surface area contributed by atoms with Gasteiger partial charge in [-0.05, 0) is 36.6 Å². The highest BCUT2D eigenvalue weighted by molar-refractivity contribution is 5.89. The van der Waals surface area contributed by atoms with Crippen molar-refractivity contribution in [2.75, 3.05) is 25.1 Å². The second-order valence-electron chi connectivity index (χ2n) is 6.64. The molecule has 3 rings (SSSR count). The zero-order valence-corrected chi connectivity index (χ0v) is 14.7. The summed E-state index contributed by atoms with van der Waals surface area (Å²) >= 11 is 0. The van der Waals surface area contributed by atoms with E-state index in [1.54, 1.807) is 0 Å². The quantitative estimate of drug-likeness (QED) is 0.819. The molecule has 2 N–H and O–H groups in total. The fraction of sp³-hybridized carbons (Fsp3) is 0.350. The van der Waals surface area contributed by atoms with Gasteiger partial charge in [0.2, 0.25) is 0 Å². The largest absolute Gasteiger partial charge is 0.416 e. The average molecular weight is 378 g/mol. The van der Waals surface area contributed by atoms with E-state index < -0.39 is 17.8 Å². The first-order valence-electron chi connectivity index (χ1n) is 8.74. The Kier molecular flexibility index (Phi) is 5.70. The fourth-order valence-corrected chi connectivity index (χ4v) is 3.32. The summed E-state index contributed by atoms with van der Waals surface area (Å²) in [5.74, 6) is 0. The maximum absolute atomic E-state index is 12.8. The predicted octanol–water partition coefficient (Wildman–Crippen LogP) is 4.58. The molecule has 0 unspecified atom stereocenters. The van der Waals surface area contributed by atoms with E-state index in [4.69, 9.17) is 4.74 Å². The van der Waals surface area contributed by atoms with E-state index in [2.05, 4.69) is 10.6 Å². The van der Waals surface area contributed by atoms with Crippen molar-refractivity contribution in [1.29, 1.82) is 0 Å². The molecule has 0 aromatic heterocycles. The average Bonchev–Trinajstić information content (AvgIpc) is 2.67. The molecule has 27 heavy (non-hydrogen) atoms. The van der Waals surface area contributed by atoms with Gasteiger partial charge < -0.3 is 15.4 Å². The van der Waals surface area contributed by atoms with Gasteiger partial charge in [0.25, 0.3) is 0 Å². The van der Waals surface area contributed by atoms with Crippen LogP contribution in [0.25, 0.3) is 0 Å². The highest BCUT2D eigenvalue weighted by Gasteiger charge is 2.35. The molecule has 0 aliphatic carbocycles. The van der Waals surface area contributed by atoms with Crippen LogP contribution in [0.1, 0.15) is 24.0 Å². The maximum Gasteiger partial charge on any atom is 0.416 e. The first-order valence-corrected chi connectivity index (χ1v) is 8.74. The van der Waals surface area contributed by atoms with Crippen molar-refractivity contribution >= 4 is 11.7 Å². The minimum Gasteiger partial charge on any atom is -0.381 e. The molecule has 0 saturated carbocycles. The van der Waals surface area contributed by atoms with E-state index in [0.29, 0.717) is 19.8 Å². The smallest absolute Gasteiger partial charge is 0.381 e. The Morgan fingerprint density at radius 3 is 2.41 bits per heavy atom. The van der Waals surface area contributed by atoms with E-state index in [9.17, 15) is 18.0 Å².